The number of carbonyl (C=O) groups is 1. The summed E-state index contributed by atoms with van der Waals surface area (Å²) in [6.07, 6.45) is 15.1. The molecule has 0 saturated heterocycles. The fraction of sp³-hybridized carbons (Fsp3) is 0.533. The summed E-state index contributed by atoms with van der Waals surface area (Å²) in [6.45, 7) is 0. The lowest BCUT2D eigenvalue weighted by Gasteiger charge is -2.33. The van der Waals surface area contributed by atoms with E-state index in [2.05, 4.69) is 5.43 Å². The van der Waals surface area contributed by atoms with Gasteiger partial charge >= 0.3 is 0 Å². The summed E-state index contributed by atoms with van der Waals surface area (Å²) in [4.78, 5) is 12.6. The highest BCUT2D eigenvalue weighted by atomic mass is 35.5. The average Bonchev–Trinajstić information content (AvgIpc) is 2.65. The van der Waals surface area contributed by atoms with Crippen molar-refractivity contribution < 1.29 is 4.79 Å². The Balaban J connectivity index is 2.11. The number of alkyl halides is 1. The van der Waals surface area contributed by atoms with E-state index in [9.17, 15) is 4.79 Å². The highest BCUT2D eigenvalue weighted by Gasteiger charge is 2.26. The van der Waals surface area contributed by atoms with Crippen LogP contribution >= 0.6 is 11.6 Å². The van der Waals surface area contributed by atoms with Crippen LogP contribution in [0.1, 0.15) is 32.1 Å². The van der Waals surface area contributed by atoms with Crippen molar-refractivity contribution in [2.24, 2.45) is 0 Å². The van der Waals surface area contributed by atoms with E-state index in [0.29, 0.717) is 11.6 Å². The zero-order valence-corrected chi connectivity index (χ0v) is 12.1. The second-order valence-corrected chi connectivity index (χ2v) is 5.51. The molecule has 2 aliphatic carbocycles. The third-order valence-corrected chi connectivity index (χ3v) is 3.94. The number of amides is 1. The van der Waals surface area contributed by atoms with Crippen LogP contribution in [0.3, 0.4) is 0 Å². The first-order chi connectivity index (χ1) is 9.22. The number of nitrogens with zero attached hydrogens (tertiary/aromatic N) is 1. The minimum absolute atomic E-state index is 0.0139. The van der Waals surface area contributed by atoms with Crippen LogP contribution in [0.4, 0.5) is 0 Å². The highest BCUT2D eigenvalue weighted by molar-refractivity contribution is 6.23. The molecule has 0 heterocycles. The maximum Gasteiger partial charge on any atom is 0.267 e. The normalized spacial score (nSPS) is 23.9. The number of carbonyl (C=O) groups excluding carboxylic acids is 1. The monoisotopic (exact) mass is 280 g/mol. The molecule has 104 valence electrons. The van der Waals surface area contributed by atoms with E-state index in [1.807, 2.05) is 31.4 Å². The van der Waals surface area contributed by atoms with Gasteiger partial charge in [0.1, 0.15) is 0 Å². The van der Waals surface area contributed by atoms with Gasteiger partial charge in [-0.3, -0.25) is 9.80 Å². The van der Waals surface area contributed by atoms with Crippen molar-refractivity contribution in [2.45, 2.75) is 43.5 Å². The first-order valence-corrected chi connectivity index (χ1v) is 7.37. The topological polar surface area (TPSA) is 32.3 Å². The summed E-state index contributed by atoms with van der Waals surface area (Å²) in [5, 5.41) is 1.54. The van der Waals surface area contributed by atoms with E-state index in [1.54, 1.807) is 11.1 Å². The molecule has 1 N–H and O–H groups in total. The lowest BCUT2D eigenvalue weighted by molar-refractivity contribution is -0.133. The van der Waals surface area contributed by atoms with Gasteiger partial charge in [0.05, 0.1) is 5.38 Å². The van der Waals surface area contributed by atoms with Crippen LogP contribution < -0.4 is 5.43 Å². The Bertz CT molecular complexity index is 408. The van der Waals surface area contributed by atoms with Gasteiger partial charge in [0.15, 0.2) is 0 Å². The molecule has 19 heavy (non-hydrogen) atoms. The Kier molecular flexibility index (Phi) is 5.23. The molecule has 1 unspecified atom stereocenters. The van der Waals surface area contributed by atoms with Crippen LogP contribution in [0, 0.1) is 0 Å². The third kappa shape index (κ3) is 3.71. The largest absolute Gasteiger partial charge is 0.271 e. The zero-order chi connectivity index (χ0) is 13.7. The molecule has 0 aliphatic heterocycles. The van der Waals surface area contributed by atoms with E-state index in [-0.39, 0.29) is 11.3 Å². The van der Waals surface area contributed by atoms with E-state index in [4.69, 9.17) is 11.6 Å². The van der Waals surface area contributed by atoms with Crippen molar-refractivity contribution in [2.75, 3.05) is 7.05 Å². The minimum atomic E-state index is -0.223. The quantitative estimate of drug-likeness (QED) is 0.637. The molecule has 0 aromatic carbocycles. The summed E-state index contributed by atoms with van der Waals surface area (Å²) in [6, 6.07) is 0.297. The van der Waals surface area contributed by atoms with Crippen molar-refractivity contribution in [1.82, 2.24) is 10.4 Å². The Morgan fingerprint density at radius 3 is 2.74 bits per heavy atom. The maximum atomic E-state index is 12.6. The molecule has 1 fully saturated rings. The first-order valence-electron chi connectivity index (χ1n) is 6.94. The van der Waals surface area contributed by atoms with Crippen LogP contribution in [0.2, 0.25) is 0 Å². The molecule has 3 nitrogen and oxygen atoms in total. The van der Waals surface area contributed by atoms with Gasteiger partial charge in [0.2, 0.25) is 0 Å². The maximum absolute atomic E-state index is 12.6. The predicted octanol–water partition coefficient (Wildman–Crippen LogP) is 2.94. The summed E-state index contributed by atoms with van der Waals surface area (Å²) in [7, 11) is 1.81. The van der Waals surface area contributed by atoms with Crippen molar-refractivity contribution in [1.29, 1.82) is 0 Å². The molecule has 0 spiro atoms. The van der Waals surface area contributed by atoms with Crippen molar-refractivity contribution in [3.05, 3.63) is 36.0 Å². The van der Waals surface area contributed by atoms with Gasteiger partial charge in [-0.1, -0.05) is 43.6 Å². The third-order valence-electron chi connectivity index (χ3n) is 3.67. The van der Waals surface area contributed by atoms with Crippen molar-refractivity contribution in [3.8, 4) is 0 Å². The van der Waals surface area contributed by atoms with E-state index in [0.717, 1.165) is 12.8 Å². The summed E-state index contributed by atoms with van der Waals surface area (Å²) in [5.74, 6) is 0.0139. The lowest BCUT2D eigenvalue weighted by Crippen LogP contribution is -2.49. The summed E-state index contributed by atoms with van der Waals surface area (Å²) >= 11 is 6.10. The zero-order valence-electron chi connectivity index (χ0n) is 11.3. The van der Waals surface area contributed by atoms with E-state index in [1.165, 1.54) is 19.3 Å². The van der Waals surface area contributed by atoms with Gasteiger partial charge < -0.3 is 0 Å². The fourth-order valence-corrected chi connectivity index (χ4v) is 2.90. The number of allylic oxidation sites excluding steroid dienone is 4. The van der Waals surface area contributed by atoms with Crippen LogP contribution in [0.15, 0.2) is 36.0 Å². The average molecular weight is 281 g/mol. The molecule has 0 aromatic rings. The minimum Gasteiger partial charge on any atom is -0.271 e. The molecule has 4 heteroatoms. The number of hydrogen-bond donors (Lipinski definition) is 1. The van der Waals surface area contributed by atoms with Crippen LogP contribution in [0.25, 0.3) is 0 Å². The Hall–Kier alpha value is -1.06. The lowest BCUT2D eigenvalue weighted by atomic mass is 9.94. The predicted molar refractivity (Wildman–Crippen MR) is 78.8 cm³/mol. The fourth-order valence-electron chi connectivity index (χ4n) is 2.68. The molecular weight excluding hydrogens is 260 g/mol. The Labute approximate surface area is 120 Å². The van der Waals surface area contributed by atoms with Gasteiger partial charge in [-0.05, 0) is 18.9 Å². The number of halogens is 1. The van der Waals surface area contributed by atoms with Crippen molar-refractivity contribution in [3.63, 3.8) is 0 Å². The van der Waals surface area contributed by atoms with Gasteiger partial charge in [-0.25, -0.2) is 5.43 Å². The number of nitrogens with one attached hydrogen (secondary N) is 1. The second-order valence-electron chi connectivity index (χ2n) is 5.00. The van der Waals surface area contributed by atoms with E-state index < -0.39 is 0 Å². The number of hydrogen-bond acceptors (Lipinski definition) is 2. The number of rotatable bonds is 3. The SMILES string of the molecule is CNN(C(=O)C1=CC(Cl)C=CC=C1)C1CCCCC1. The number of hydrazine groups is 1. The molecule has 1 amide bonds. The van der Waals surface area contributed by atoms with Gasteiger partial charge in [-0.15, -0.1) is 11.6 Å². The van der Waals surface area contributed by atoms with E-state index >= 15 is 0 Å². The highest BCUT2D eigenvalue weighted by Crippen LogP contribution is 2.23. The van der Waals surface area contributed by atoms with Crippen molar-refractivity contribution >= 4 is 17.5 Å². The molecule has 0 bridgehead atoms. The molecular formula is C15H21ClN2O. The summed E-state index contributed by atoms with van der Waals surface area (Å²) in [5.41, 5.74) is 3.71. The Morgan fingerprint density at radius 2 is 2.05 bits per heavy atom. The smallest absolute Gasteiger partial charge is 0.267 e. The van der Waals surface area contributed by atoms with Gasteiger partial charge in [0.25, 0.3) is 5.91 Å². The van der Waals surface area contributed by atoms with Crippen LogP contribution in [-0.2, 0) is 4.79 Å². The van der Waals surface area contributed by atoms with Gasteiger partial charge in [-0.2, -0.15) is 0 Å². The Morgan fingerprint density at radius 1 is 1.32 bits per heavy atom. The molecule has 0 aromatic heterocycles. The van der Waals surface area contributed by atoms with Crippen LogP contribution in [0.5, 0.6) is 0 Å². The molecule has 2 rings (SSSR count). The van der Waals surface area contributed by atoms with Gasteiger partial charge in [0, 0.05) is 18.7 Å². The molecule has 2 aliphatic rings. The standard InChI is InChI=1S/C15H21ClN2O/c1-17-18(14-9-3-2-4-10-14)15(19)12-7-5-6-8-13(16)11-12/h5-8,11,13-14,17H,2-4,9-10H2,1H3. The molecule has 0 radical (unpaired) electrons. The summed E-state index contributed by atoms with van der Waals surface area (Å²) < 4.78 is 0. The molecule has 1 atom stereocenters. The first kappa shape index (κ1) is 14.4. The van der Waals surface area contributed by atoms with Crippen LogP contribution in [-0.4, -0.2) is 29.4 Å². The molecule has 1 saturated carbocycles. The second kappa shape index (κ2) is 6.92.